The highest BCUT2D eigenvalue weighted by Gasteiger charge is 2.21. The second-order valence-electron chi connectivity index (χ2n) is 12.3. The topological polar surface area (TPSA) is 42.2 Å². The number of nitrogens with zero attached hydrogens (tertiary/aromatic N) is 3. The van der Waals surface area contributed by atoms with E-state index < -0.39 is 0 Å². The van der Waals surface area contributed by atoms with Crippen LogP contribution < -0.4 is 4.90 Å². The molecule has 0 N–H and O–H groups in total. The molecule has 0 unspecified atom stereocenters. The molecule has 7 aromatic carbocycles. The van der Waals surface area contributed by atoms with Crippen molar-refractivity contribution in [2.24, 2.45) is 0 Å². The van der Waals surface area contributed by atoms with E-state index in [4.69, 9.17) is 14.4 Å². The summed E-state index contributed by atoms with van der Waals surface area (Å²) in [5, 5.41) is 2.26. The minimum atomic E-state index is 0.684. The van der Waals surface area contributed by atoms with Crippen molar-refractivity contribution in [2.45, 2.75) is 0 Å². The molecule has 4 nitrogen and oxygen atoms in total. The molecule has 9 aromatic rings. The Morgan fingerprint density at radius 2 is 0.900 bits per heavy atom. The highest BCUT2D eigenvalue weighted by atomic mass is 16.3. The Morgan fingerprint density at radius 1 is 0.400 bits per heavy atom. The molecule has 50 heavy (non-hydrogen) atoms. The van der Waals surface area contributed by atoms with Crippen LogP contribution in [0, 0.1) is 0 Å². The molecule has 0 saturated heterocycles. The van der Waals surface area contributed by atoms with Gasteiger partial charge in [-0.15, -0.1) is 0 Å². The molecule has 4 heteroatoms. The average molecular weight is 642 g/mol. The first-order valence-corrected chi connectivity index (χ1v) is 16.7. The molecule has 9 rings (SSSR count). The van der Waals surface area contributed by atoms with Gasteiger partial charge >= 0.3 is 0 Å². The smallest absolute Gasteiger partial charge is 0.159 e. The van der Waals surface area contributed by atoms with Crippen LogP contribution in [0.1, 0.15) is 0 Å². The average Bonchev–Trinajstić information content (AvgIpc) is 3.58. The second kappa shape index (κ2) is 12.7. The lowest BCUT2D eigenvalue weighted by Crippen LogP contribution is -2.13. The lowest BCUT2D eigenvalue weighted by Gasteiger charge is -2.27. The Labute approximate surface area is 290 Å². The molecular formula is C46H31N3O. The summed E-state index contributed by atoms with van der Waals surface area (Å²) in [6, 6.07) is 63.0. The fourth-order valence-corrected chi connectivity index (χ4v) is 6.64. The summed E-state index contributed by atoms with van der Waals surface area (Å²) in [5.74, 6) is 0.684. The monoisotopic (exact) mass is 641 g/mol. The lowest BCUT2D eigenvalue weighted by molar-refractivity contribution is 0.669. The largest absolute Gasteiger partial charge is 0.456 e. The molecule has 0 spiro atoms. The van der Waals surface area contributed by atoms with Crippen molar-refractivity contribution in [1.82, 2.24) is 9.97 Å². The number of furan rings is 1. The SMILES string of the molecule is c1ccc(-c2ccc(N(c3ccc(-c4ccc5c(c4)oc4ccccc45)cc3)c3cnc(-c4ccccc4)nc3-c3ccccc3)cc2)cc1. The Kier molecular flexibility index (Phi) is 7.45. The Bertz CT molecular complexity index is 2560. The van der Waals surface area contributed by atoms with Gasteiger partial charge in [-0.2, -0.15) is 0 Å². The third-order valence-corrected chi connectivity index (χ3v) is 9.16. The van der Waals surface area contributed by atoms with Crippen LogP contribution in [0.25, 0.3) is 66.8 Å². The van der Waals surface area contributed by atoms with Gasteiger partial charge in [-0.3, -0.25) is 0 Å². The fourth-order valence-electron chi connectivity index (χ4n) is 6.64. The van der Waals surface area contributed by atoms with Crippen molar-refractivity contribution in [3.05, 3.63) is 188 Å². The van der Waals surface area contributed by atoms with Crippen molar-refractivity contribution in [3.8, 4) is 44.9 Å². The highest BCUT2D eigenvalue weighted by Crippen LogP contribution is 2.42. The van der Waals surface area contributed by atoms with Gasteiger partial charge in [0.15, 0.2) is 5.82 Å². The fraction of sp³-hybridized carbons (Fsp3) is 0. The number of hydrogen-bond donors (Lipinski definition) is 0. The van der Waals surface area contributed by atoms with Gasteiger partial charge in [0.1, 0.15) is 11.2 Å². The van der Waals surface area contributed by atoms with Crippen molar-refractivity contribution >= 4 is 39.0 Å². The number of aromatic nitrogens is 2. The van der Waals surface area contributed by atoms with Crippen LogP contribution in [-0.2, 0) is 0 Å². The standard InChI is InChI=1S/C46H31N3O/c1-4-12-32(13-5-1)33-20-25-38(26-21-33)49(42-31-47-46(36-16-8-3-9-17-36)48-45(42)35-14-6-2-7-15-35)39-27-22-34(23-28-39)37-24-29-41-40-18-10-11-19-43(40)50-44(41)30-37/h1-31H. The third-order valence-electron chi connectivity index (χ3n) is 9.16. The third kappa shape index (κ3) is 5.49. The van der Waals surface area contributed by atoms with Gasteiger partial charge in [0, 0.05) is 33.3 Å². The first kappa shape index (κ1) is 29.4. The maximum absolute atomic E-state index is 6.21. The van der Waals surface area contributed by atoms with E-state index in [1.54, 1.807) is 0 Å². The Balaban J connectivity index is 1.17. The minimum absolute atomic E-state index is 0.684. The van der Waals surface area contributed by atoms with E-state index >= 15 is 0 Å². The predicted octanol–water partition coefficient (Wildman–Crippen LogP) is 12.5. The first-order valence-electron chi connectivity index (χ1n) is 16.7. The number of hydrogen-bond acceptors (Lipinski definition) is 4. The van der Waals surface area contributed by atoms with Crippen molar-refractivity contribution in [1.29, 1.82) is 0 Å². The molecule has 0 fully saturated rings. The maximum Gasteiger partial charge on any atom is 0.159 e. The zero-order valence-corrected chi connectivity index (χ0v) is 27.1. The molecule has 0 aliphatic rings. The van der Waals surface area contributed by atoms with Crippen molar-refractivity contribution in [2.75, 3.05) is 4.90 Å². The predicted molar refractivity (Wildman–Crippen MR) is 206 cm³/mol. The number of para-hydroxylation sites is 1. The van der Waals surface area contributed by atoms with E-state index in [0.717, 1.165) is 72.5 Å². The van der Waals surface area contributed by atoms with Crippen LogP contribution >= 0.6 is 0 Å². The quantitative estimate of drug-likeness (QED) is 0.174. The molecule has 2 aromatic heterocycles. The van der Waals surface area contributed by atoms with Gasteiger partial charge in [0.2, 0.25) is 0 Å². The summed E-state index contributed by atoms with van der Waals surface area (Å²) in [7, 11) is 0. The van der Waals surface area contributed by atoms with Crippen molar-refractivity contribution in [3.63, 3.8) is 0 Å². The van der Waals surface area contributed by atoms with Gasteiger partial charge in [0.25, 0.3) is 0 Å². The summed E-state index contributed by atoms with van der Waals surface area (Å²) in [6.45, 7) is 0. The van der Waals surface area contributed by atoms with Crippen LogP contribution in [0.4, 0.5) is 17.1 Å². The van der Waals surface area contributed by atoms with E-state index in [0.29, 0.717) is 5.82 Å². The van der Waals surface area contributed by atoms with Crippen molar-refractivity contribution < 1.29 is 4.42 Å². The molecule has 0 amide bonds. The summed E-state index contributed by atoms with van der Waals surface area (Å²) in [6.07, 6.45) is 1.95. The van der Waals surface area contributed by atoms with E-state index in [2.05, 4.69) is 126 Å². The first-order chi connectivity index (χ1) is 24.8. The Hall–Kier alpha value is -6.78. The zero-order valence-electron chi connectivity index (χ0n) is 27.1. The maximum atomic E-state index is 6.21. The summed E-state index contributed by atoms with van der Waals surface area (Å²) in [4.78, 5) is 12.4. The molecule has 0 radical (unpaired) electrons. The minimum Gasteiger partial charge on any atom is -0.456 e. The van der Waals surface area contributed by atoms with Crippen LogP contribution in [0.5, 0.6) is 0 Å². The zero-order chi connectivity index (χ0) is 33.3. The van der Waals surface area contributed by atoms with Crippen LogP contribution in [0.3, 0.4) is 0 Å². The van der Waals surface area contributed by atoms with E-state index in [9.17, 15) is 0 Å². The van der Waals surface area contributed by atoms with E-state index in [-0.39, 0.29) is 0 Å². The second-order valence-corrected chi connectivity index (χ2v) is 12.3. The molecule has 0 saturated carbocycles. The molecule has 2 heterocycles. The van der Waals surface area contributed by atoms with Crippen LogP contribution in [0.15, 0.2) is 193 Å². The van der Waals surface area contributed by atoms with Gasteiger partial charge < -0.3 is 9.32 Å². The molecule has 0 atom stereocenters. The van der Waals surface area contributed by atoms with E-state index in [1.807, 2.05) is 66.9 Å². The highest BCUT2D eigenvalue weighted by molar-refractivity contribution is 6.05. The van der Waals surface area contributed by atoms with Crippen LogP contribution in [0.2, 0.25) is 0 Å². The van der Waals surface area contributed by atoms with E-state index in [1.165, 1.54) is 5.56 Å². The molecule has 236 valence electrons. The molecule has 0 aliphatic heterocycles. The molecule has 0 bridgehead atoms. The number of benzene rings is 7. The van der Waals surface area contributed by atoms with Gasteiger partial charge in [0.05, 0.1) is 17.6 Å². The van der Waals surface area contributed by atoms with Crippen LogP contribution in [-0.4, -0.2) is 9.97 Å². The number of anilines is 3. The normalized spacial score (nSPS) is 11.2. The summed E-state index contributed by atoms with van der Waals surface area (Å²) < 4.78 is 6.21. The summed E-state index contributed by atoms with van der Waals surface area (Å²) in [5.41, 5.74) is 12.1. The lowest BCUT2D eigenvalue weighted by atomic mass is 10.0. The number of fused-ring (bicyclic) bond motifs is 3. The molecular weight excluding hydrogens is 611 g/mol. The Morgan fingerprint density at radius 3 is 1.56 bits per heavy atom. The van der Waals surface area contributed by atoms with Gasteiger partial charge in [-0.05, 0) is 64.7 Å². The summed E-state index contributed by atoms with van der Waals surface area (Å²) >= 11 is 0. The molecule has 0 aliphatic carbocycles. The van der Waals surface area contributed by atoms with Gasteiger partial charge in [-0.1, -0.05) is 140 Å². The van der Waals surface area contributed by atoms with Gasteiger partial charge in [-0.25, -0.2) is 9.97 Å². The number of rotatable bonds is 7.